The number of hydrogen-bond donors (Lipinski definition) is 4. The average molecular weight is 897 g/mol. The molecule has 0 fully saturated rings. The van der Waals surface area contributed by atoms with E-state index in [-0.39, 0.29) is 22.6 Å². The van der Waals surface area contributed by atoms with E-state index in [4.69, 9.17) is 9.97 Å². The summed E-state index contributed by atoms with van der Waals surface area (Å²) in [5.74, 6) is 4.38. The number of aryl methyl sites for hydroxylation is 4. The third-order valence-electron chi connectivity index (χ3n) is 8.50. The van der Waals surface area contributed by atoms with Crippen molar-refractivity contribution in [3.63, 3.8) is 0 Å². The summed E-state index contributed by atoms with van der Waals surface area (Å²) in [7, 11) is 7.33. The number of hydrogen-bond acceptors (Lipinski definition) is 10. The van der Waals surface area contributed by atoms with E-state index in [1.807, 2.05) is 78.2 Å². The largest absolute Gasteiger partial charge is 0.358 e. The highest BCUT2D eigenvalue weighted by atomic mass is 79.9. The van der Waals surface area contributed by atoms with Gasteiger partial charge in [-0.2, -0.15) is 0 Å². The Hall–Kier alpha value is -4.30. The Balaban J connectivity index is 0.000000300. The third kappa shape index (κ3) is 12.9. The van der Waals surface area contributed by atoms with Crippen molar-refractivity contribution in [3.8, 4) is 0 Å². The summed E-state index contributed by atoms with van der Waals surface area (Å²) in [5.41, 5.74) is 5.21. The summed E-state index contributed by atoms with van der Waals surface area (Å²) in [6.45, 7) is 23.0. The normalized spacial score (nSPS) is 11.3. The zero-order valence-electron chi connectivity index (χ0n) is 35.5. The molecule has 0 atom stereocenters. The fraction of sp³-hybridized carbons (Fsp3) is 0.476. The molecule has 56 heavy (non-hydrogen) atoms. The van der Waals surface area contributed by atoms with Gasteiger partial charge in [0.15, 0.2) is 11.6 Å². The van der Waals surface area contributed by atoms with Gasteiger partial charge in [0.25, 0.3) is 11.8 Å². The second-order valence-corrected chi connectivity index (χ2v) is 17.8. The van der Waals surface area contributed by atoms with Crippen molar-refractivity contribution >= 4 is 78.3 Å². The van der Waals surface area contributed by atoms with Gasteiger partial charge in [-0.3, -0.25) is 9.59 Å². The van der Waals surface area contributed by atoms with Gasteiger partial charge in [0.1, 0.15) is 32.2 Å². The first-order valence-corrected chi connectivity index (χ1v) is 20.4. The zero-order valence-corrected chi connectivity index (χ0v) is 38.7. The standard InChI is InChI=1S/2C21H30BrN5O/c2*1-8-16-25-18(17(22)19(26-16)27(7)12-21(3,4)5)24-15-11-14(20(28)23-6)10-9-13(15)2/h2*9-11H,8,12H2,1-7H3,(H,23,28)(H,24,25,26). The summed E-state index contributed by atoms with van der Waals surface area (Å²) in [6, 6.07) is 11.2. The molecule has 2 aromatic heterocycles. The molecule has 14 heteroatoms. The van der Waals surface area contributed by atoms with Crippen molar-refractivity contribution in [2.75, 3.05) is 61.7 Å². The van der Waals surface area contributed by atoms with E-state index in [1.165, 1.54) is 0 Å². The molecule has 0 spiro atoms. The Morgan fingerprint density at radius 3 is 1.25 bits per heavy atom. The molecule has 12 nitrogen and oxygen atoms in total. The van der Waals surface area contributed by atoms with Crippen molar-refractivity contribution in [1.82, 2.24) is 30.6 Å². The van der Waals surface area contributed by atoms with Crippen LogP contribution in [-0.2, 0) is 12.8 Å². The number of carbonyl (C=O) groups is 2. The molecule has 4 rings (SSSR count). The van der Waals surface area contributed by atoms with E-state index in [0.717, 1.165) is 80.7 Å². The third-order valence-corrected chi connectivity index (χ3v) is 9.96. The van der Waals surface area contributed by atoms with E-state index in [9.17, 15) is 9.59 Å². The number of aromatic nitrogens is 4. The second-order valence-electron chi connectivity index (χ2n) is 16.3. The van der Waals surface area contributed by atoms with Gasteiger partial charge in [-0.25, -0.2) is 19.9 Å². The van der Waals surface area contributed by atoms with Crippen LogP contribution in [0.3, 0.4) is 0 Å². The molecule has 2 aromatic carbocycles. The number of halogens is 2. The molecule has 0 aliphatic carbocycles. The Morgan fingerprint density at radius 2 is 0.964 bits per heavy atom. The Labute approximate surface area is 350 Å². The first kappa shape index (κ1) is 46.1. The highest BCUT2D eigenvalue weighted by Crippen LogP contribution is 2.36. The van der Waals surface area contributed by atoms with Gasteiger partial charge in [-0.05, 0) is 91.9 Å². The number of nitrogens with zero attached hydrogens (tertiary/aromatic N) is 6. The zero-order chi connectivity index (χ0) is 42.1. The first-order valence-electron chi connectivity index (χ1n) is 18.9. The molecule has 4 N–H and O–H groups in total. The lowest BCUT2D eigenvalue weighted by Crippen LogP contribution is -2.30. The van der Waals surface area contributed by atoms with Crippen LogP contribution < -0.4 is 31.1 Å². The Morgan fingerprint density at radius 1 is 0.625 bits per heavy atom. The van der Waals surface area contributed by atoms with Crippen LogP contribution in [-0.4, -0.2) is 73.0 Å². The molecule has 2 amide bonds. The fourth-order valence-corrected chi connectivity index (χ4v) is 7.02. The van der Waals surface area contributed by atoms with Crippen LogP contribution in [0.5, 0.6) is 0 Å². The SMILES string of the molecule is CCc1nc(Nc2cc(C(=O)NC)ccc2C)c(Br)c(N(C)CC(C)(C)C)n1.CCc1nc(Nc2cc(C(=O)NC)ccc2C)c(Br)c(N(C)CC(C)(C)C)n1. The molecule has 4 aromatic rings. The summed E-state index contributed by atoms with van der Waals surface area (Å²) >= 11 is 7.38. The molecule has 0 saturated carbocycles. The molecule has 0 radical (unpaired) electrons. The maximum absolute atomic E-state index is 12.0. The molecular weight excluding hydrogens is 836 g/mol. The second kappa shape index (κ2) is 19.7. The lowest BCUT2D eigenvalue weighted by molar-refractivity contribution is 0.0955. The topological polar surface area (TPSA) is 140 Å². The predicted molar refractivity (Wildman–Crippen MR) is 239 cm³/mol. The summed E-state index contributed by atoms with van der Waals surface area (Å²) in [5, 5.41) is 12.1. The molecule has 0 bridgehead atoms. The summed E-state index contributed by atoms with van der Waals surface area (Å²) in [6.07, 6.45) is 1.46. The van der Waals surface area contributed by atoms with Crippen LogP contribution in [0.25, 0.3) is 0 Å². The van der Waals surface area contributed by atoms with E-state index in [0.29, 0.717) is 22.8 Å². The van der Waals surface area contributed by atoms with Crippen LogP contribution in [0.1, 0.15) is 98.9 Å². The maximum Gasteiger partial charge on any atom is 0.251 e. The molecule has 0 aliphatic heterocycles. The minimum Gasteiger partial charge on any atom is -0.358 e. The molecule has 0 unspecified atom stereocenters. The van der Waals surface area contributed by atoms with E-state index in [2.05, 4.69) is 114 Å². The number of rotatable bonds is 12. The van der Waals surface area contributed by atoms with Crippen molar-refractivity contribution in [2.45, 2.75) is 82.1 Å². The molecule has 304 valence electrons. The highest BCUT2D eigenvalue weighted by Gasteiger charge is 2.22. The maximum atomic E-state index is 12.0. The highest BCUT2D eigenvalue weighted by molar-refractivity contribution is 9.11. The number of benzene rings is 2. The van der Waals surface area contributed by atoms with E-state index >= 15 is 0 Å². The smallest absolute Gasteiger partial charge is 0.251 e. The summed E-state index contributed by atoms with van der Waals surface area (Å²) in [4.78, 5) is 47.0. The van der Waals surface area contributed by atoms with Gasteiger partial charge in [-0.15, -0.1) is 0 Å². The van der Waals surface area contributed by atoms with Crippen LogP contribution in [0.15, 0.2) is 45.3 Å². The van der Waals surface area contributed by atoms with Gasteiger partial charge in [0, 0.05) is 76.6 Å². The number of carbonyl (C=O) groups excluding carboxylic acids is 2. The van der Waals surface area contributed by atoms with Gasteiger partial charge >= 0.3 is 0 Å². The molecule has 0 saturated heterocycles. The van der Waals surface area contributed by atoms with E-state index in [1.54, 1.807) is 14.1 Å². The first-order chi connectivity index (χ1) is 26.1. The van der Waals surface area contributed by atoms with Gasteiger partial charge in [-0.1, -0.05) is 67.5 Å². The number of anilines is 6. The van der Waals surface area contributed by atoms with Crippen molar-refractivity contribution in [1.29, 1.82) is 0 Å². The number of amides is 2. The molecule has 0 aliphatic rings. The fourth-order valence-electron chi connectivity index (χ4n) is 5.86. The lowest BCUT2D eigenvalue weighted by atomic mass is 9.96. The van der Waals surface area contributed by atoms with Crippen molar-refractivity contribution in [3.05, 3.63) is 79.2 Å². The number of nitrogens with one attached hydrogen (secondary N) is 4. The van der Waals surface area contributed by atoms with Crippen molar-refractivity contribution in [2.24, 2.45) is 10.8 Å². The minimum atomic E-state index is -0.121. The van der Waals surface area contributed by atoms with Crippen LogP contribution in [0.4, 0.5) is 34.6 Å². The molecule has 2 heterocycles. The quantitative estimate of drug-likeness (QED) is 0.109. The van der Waals surface area contributed by atoms with Crippen molar-refractivity contribution < 1.29 is 9.59 Å². The van der Waals surface area contributed by atoms with Gasteiger partial charge in [0.05, 0.1) is 0 Å². The van der Waals surface area contributed by atoms with Crippen LogP contribution in [0, 0.1) is 24.7 Å². The Bertz CT molecular complexity index is 1860. The lowest BCUT2D eigenvalue weighted by Gasteiger charge is -2.29. The molecular formula is C42H60Br2N10O2. The monoisotopic (exact) mass is 894 g/mol. The average Bonchev–Trinajstić information content (AvgIpc) is 3.12. The van der Waals surface area contributed by atoms with Gasteiger partial charge < -0.3 is 31.1 Å². The van der Waals surface area contributed by atoms with Crippen LogP contribution >= 0.6 is 31.9 Å². The summed E-state index contributed by atoms with van der Waals surface area (Å²) < 4.78 is 1.61. The Kier molecular flexibility index (Phi) is 16.2. The van der Waals surface area contributed by atoms with Crippen LogP contribution in [0.2, 0.25) is 0 Å². The predicted octanol–water partition coefficient (Wildman–Crippen LogP) is 9.39. The minimum absolute atomic E-state index is 0.121. The van der Waals surface area contributed by atoms with Gasteiger partial charge in [0.2, 0.25) is 0 Å². The van der Waals surface area contributed by atoms with E-state index < -0.39 is 0 Å².